The quantitative estimate of drug-likeness (QED) is 0.815. The second kappa shape index (κ2) is 8.15. The zero-order valence-electron chi connectivity index (χ0n) is 13.3. The number of benzene rings is 1. The van der Waals surface area contributed by atoms with Crippen molar-refractivity contribution in [2.45, 2.75) is 52.0 Å². The van der Waals surface area contributed by atoms with E-state index in [0.717, 1.165) is 5.56 Å². The number of ether oxygens (including phenoxy) is 2. The lowest BCUT2D eigenvalue weighted by Crippen LogP contribution is -2.49. The minimum Gasteiger partial charge on any atom is -0.445 e. The molecule has 1 N–H and O–H groups in total. The van der Waals surface area contributed by atoms with Crippen LogP contribution in [-0.2, 0) is 20.9 Å². The Bertz CT molecular complexity index is 499. The van der Waals surface area contributed by atoms with Crippen molar-refractivity contribution in [3.05, 3.63) is 35.9 Å². The minimum atomic E-state index is -0.968. The molecule has 1 rings (SSSR count). The average molecular weight is 328 g/mol. The van der Waals surface area contributed by atoms with Crippen LogP contribution in [0.25, 0.3) is 0 Å². The summed E-state index contributed by atoms with van der Waals surface area (Å²) in [6.45, 7) is 7.35. The van der Waals surface area contributed by atoms with E-state index >= 15 is 0 Å². The molecular formula is C16H22ClNO4. The van der Waals surface area contributed by atoms with Crippen LogP contribution >= 0.6 is 11.6 Å². The first-order valence-corrected chi connectivity index (χ1v) is 7.41. The number of alkyl carbamates (subject to hydrolysis) is 1. The Labute approximate surface area is 135 Å². The van der Waals surface area contributed by atoms with Gasteiger partial charge in [-0.25, -0.2) is 4.79 Å². The van der Waals surface area contributed by atoms with Gasteiger partial charge in [-0.3, -0.25) is 4.79 Å². The molecule has 0 unspecified atom stereocenters. The molecule has 1 aromatic rings. The molecule has 5 nitrogen and oxygen atoms in total. The van der Waals surface area contributed by atoms with Crippen molar-refractivity contribution in [3.63, 3.8) is 0 Å². The SMILES string of the molecule is C[C@@H](OC(C)(C)C)[C@H](NC(=O)OCc1ccccc1)C(=O)Cl. The van der Waals surface area contributed by atoms with Gasteiger partial charge >= 0.3 is 6.09 Å². The van der Waals surface area contributed by atoms with Crippen LogP contribution in [0.2, 0.25) is 0 Å². The summed E-state index contributed by atoms with van der Waals surface area (Å²) < 4.78 is 10.7. The first-order chi connectivity index (χ1) is 10.2. The van der Waals surface area contributed by atoms with Gasteiger partial charge in [-0.15, -0.1) is 0 Å². The maximum Gasteiger partial charge on any atom is 0.408 e. The molecule has 0 spiro atoms. The second-order valence-electron chi connectivity index (χ2n) is 5.92. The highest BCUT2D eigenvalue weighted by Crippen LogP contribution is 2.14. The molecule has 22 heavy (non-hydrogen) atoms. The number of carbonyl (C=O) groups is 2. The standard InChI is InChI=1S/C16H22ClNO4/c1-11(22-16(2,3)4)13(14(17)19)18-15(20)21-10-12-8-6-5-7-9-12/h5-9,11,13H,10H2,1-4H3,(H,18,20)/t11-,13+/m1/s1. The fraction of sp³-hybridized carbons (Fsp3) is 0.500. The third kappa shape index (κ3) is 6.91. The van der Waals surface area contributed by atoms with E-state index in [-0.39, 0.29) is 6.61 Å². The summed E-state index contributed by atoms with van der Waals surface area (Å²) >= 11 is 5.54. The van der Waals surface area contributed by atoms with E-state index in [1.807, 2.05) is 51.1 Å². The fourth-order valence-electron chi connectivity index (χ4n) is 1.88. The molecule has 6 heteroatoms. The summed E-state index contributed by atoms with van der Waals surface area (Å²) in [7, 11) is 0. The van der Waals surface area contributed by atoms with Crippen molar-refractivity contribution in [3.8, 4) is 0 Å². The molecule has 0 saturated carbocycles. The number of halogens is 1. The molecule has 0 saturated heterocycles. The molecule has 1 aromatic carbocycles. The lowest BCUT2D eigenvalue weighted by atomic mass is 10.1. The maximum atomic E-state index is 11.8. The van der Waals surface area contributed by atoms with Crippen molar-refractivity contribution in [2.24, 2.45) is 0 Å². The van der Waals surface area contributed by atoms with E-state index < -0.39 is 29.1 Å². The summed E-state index contributed by atoms with van der Waals surface area (Å²) in [6, 6.07) is 8.27. The monoisotopic (exact) mass is 327 g/mol. The van der Waals surface area contributed by atoms with E-state index in [9.17, 15) is 9.59 Å². The highest BCUT2D eigenvalue weighted by Gasteiger charge is 2.29. The molecule has 0 heterocycles. The zero-order chi connectivity index (χ0) is 16.8. The Morgan fingerprint density at radius 3 is 2.32 bits per heavy atom. The van der Waals surface area contributed by atoms with Gasteiger partial charge in [0.1, 0.15) is 12.6 Å². The Balaban J connectivity index is 2.55. The number of amides is 1. The number of hydrogen-bond donors (Lipinski definition) is 1. The van der Waals surface area contributed by atoms with E-state index in [4.69, 9.17) is 21.1 Å². The molecular weight excluding hydrogens is 306 g/mol. The fourth-order valence-corrected chi connectivity index (χ4v) is 2.11. The van der Waals surface area contributed by atoms with Gasteiger partial charge < -0.3 is 14.8 Å². The van der Waals surface area contributed by atoms with Crippen LogP contribution in [0.4, 0.5) is 4.79 Å². The molecule has 0 aliphatic heterocycles. The van der Waals surface area contributed by atoms with Crippen LogP contribution in [0.1, 0.15) is 33.3 Å². The molecule has 0 aliphatic rings. The first-order valence-electron chi connectivity index (χ1n) is 7.03. The van der Waals surface area contributed by atoms with E-state index in [1.54, 1.807) is 6.92 Å². The molecule has 2 atom stereocenters. The number of carbonyl (C=O) groups excluding carboxylic acids is 2. The van der Waals surface area contributed by atoms with Gasteiger partial charge in [0.05, 0.1) is 11.7 Å². The van der Waals surface area contributed by atoms with Crippen LogP contribution in [0, 0.1) is 0 Å². The minimum absolute atomic E-state index is 0.115. The van der Waals surface area contributed by atoms with Crippen molar-refractivity contribution >= 4 is 22.9 Å². The Morgan fingerprint density at radius 1 is 1.23 bits per heavy atom. The van der Waals surface area contributed by atoms with Gasteiger partial charge in [-0.1, -0.05) is 30.3 Å². The third-order valence-corrected chi connectivity index (χ3v) is 2.97. The largest absolute Gasteiger partial charge is 0.445 e. The molecule has 0 aliphatic carbocycles. The van der Waals surface area contributed by atoms with Gasteiger partial charge in [0.2, 0.25) is 5.24 Å². The summed E-state index contributed by atoms with van der Waals surface area (Å²) in [4.78, 5) is 23.3. The van der Waals surface area contributed by atoms with Gasteiger partial charge in [-0.2, -0.15) is 0 Å². The van der Waals surface area contributed by atoms with Crippen LogP contribution in [0.5, 0.6) is 0 Å². The number of rotatable bonds is 6. The highest BCUT2D eigenvalue weighted by molar-refractivity contribution is 6.65. The van der Waals surface area contributed by atoms with E-state index in [0.29, 0.717) is 0 Å². The maximum absolute atomic E-state index is 11.8. The third-order valence-electron chi connectivity index (χ3n) is 2.74. The zero-order valence-corrected chi connectivity index (χ0v) is 14.0. The normalized spacial score (nSPS) is 14.0. The van der Waals surface area contributed by atoms with Crippen molar-refractivity contribution in [1.82, 2.24) is 5.32 Å². The lowest BCUT2D eigenvalue weighted by molar-refractivity contribution is -0.121. The number of hydrogen-bond acceptors (Lipinski definition) is 4. The Morgan fingerprint density at radius 2 is 1.82 bits per heavy atom. The predicted octanol–water partition coefficient (Wildman–Crippen LogP) is 3.25. The topological polar surface area (TPSA) is 64.6 Å². The van der Waals surface area contributed by atoms with E-state index in [1.165, 1.54) is 0 Å². The summed E-state index contributed by atoms with van der Waals surface area (Å²) in [5, 5.41) is 1.74. The van der Waals surface area contributed by atoms with Crippen LogP contribution in [-0.4, -0.2) is 29.1 Å². The van der Waals surface area contributed by atoms with Crippen molar-refractivity contribution in [1.29, 1.82) is 0 Å². The second-order valence-corrected chi connectivity index (χ2v) is 6.30. The lowest BCUT2D eigenvalue weighted by Gasteiger charge is -2.29. The van der Waals surface area contributed by atoms with Gasteiger partial charge in [0, 0.05) is 0 Å². The van der Waals surface area contributed by atoms with Crippen LogP contribution < -0.4 is 5.32 Å². The highest BCUT2D eigenvalue weighted by atomic mass is 35.5. The molecule has 0 fully saturated rings. The molecule has 1 amide bonds. The predicted molar refractivity (Wildman–Crippen MR) is 84.7 cm³/mol. The van der Waals surface area contributed by atoms with Gasteiger partial charge in [0.15, 0.2) is 0 Å². The van der Waals surface area contributed by atoms with Gasteiger partial charge in [-0.05, 0) is 44.9 Å². The van der Waals surface area contributed by atoms with Gasteiger partial charge in [0.25, 0.3) is 0 Å². The Kier molecular flexibility index (Phi) is 6.84. The molecule has 0 aromatic heterocycles. The number of nitrogens with one attached hydrogen (secondary N) is 1. The molecule has 0 bridgehead atoms. The van der Waals surface area contributed by atoms with Crippen molar-refractivity contribution < 1.29 is 19.1 Å². The molecule has 0 radical (unpaired) electrons. The van der Waals surface area contributed by atoms with Crippen molar-refractivity contribution in [2.75, 3.05) is 0 Å². The first kappa shape index (κ1) is 18.5. The van der Waals surface area contributed by atoms with Crippen LogP contribution in [0.3, 0.4) is 0 Å². The average Bonchev–Trinajstić information content (AvgIpc) is 2.41. The summed E-state index contributed by atoms with van der Waals surface area (Å²) in [6.07, 6.45) is -1.29. The van der Waals surface area contributed by atoms with E-state index in [2.05, 4.69) is 5.32 Å². The van der Waals surface area contributed by atoms with Crippen LogP contribution in [0.15, 0.2) is 30.3 Å². The molecule has 122 valence electrons. The summed E-state index contributed by atoms with van der Waals surface area (Å²) in [5.41, 5.74) is 0.394. The Hall–Kier alpha value is -1.59. The smallest absolute Gasteiger partial charge is 0.408 e. The summed E-state index contributed by atoms with van der Waals surface area (Å²) in [5.74, 6) is 0.